The quantitative estimate of drug-likeness (QED) is 0.498. The van der Waals surface area contributed by atoms with Crippen LogP contribution in [0.3, 0.4) is 0 Å². The first-order valence-corrected chi connectivity index (χ1v) is 9.77. The number of rotatable bonds is 6. The van der Waals surface area contributed by atoms with Crippen molar-refractivity contribution in [1.82, 2.24) is 10.2 Å². The van der Waals surface area contributed by atoms with Gasteiger partial charge in [-0.15, -0.1) is 0 Å². The smallest absolute Gasteiger partial charge is 0.276 e. The summed E-state index contributed by atoms with van der Waals surface area (Å²) >= 11 is 17.8. The lowest BCUT2D eigenvalue weighted by Gasteiger charge is -2.12. The van der Waals surface area contributed by atoms with Gasteiger partial charge in [0.05, 0.1) is 10.0 Å². The minimum absolute atomic E-state index is 0.00710. The molecule has 4 nitrogen and oxygen atoms in total. The van der Waals surface area contributed by atoms with Crippen molar-refractivity contribution in [2.24, 2.45) is 0 Å². The van der Waals surface area contributed by atoms with Crippen LogP contribution in [0, 0.1) is 5.82 Å². The van der Waals surface area contributed by atoms with Crippen LogP contribution in [0.1, 0.15) is 24.5 Å². The van der Waals surface area contributed by atoms with Crippen molar-refractivity contribution in [3.05, 3.63) is 69.1 Å². The largest absolute Gasteiger partial charge is 0.486 e. The molecule has 0 spiro atoms. The number of thiocarbonyl (C=S) groups is 1. The van der Waals surface area contributed by atoms with Crippen molar-refractivity contribution in [3.8, 4) is 5.75 Å². The van der Waals surface area contributed by atoms with Gasteiger partial charge in [-0.25, -0.2) is 4.39 Å². The molecule has 1 heterocycles. The van der Waals surface area contributed by atoms with Gasteiger partial charge >= 0.3 is 0 Å². The fraction of sp³-hybridized carbons (Fsp3) is 0.200. The van der Waals surface area contributed by atoms with Gasteiger partial charge in [0.15, 0.2) is 10.9 Å². The van der Waals surface area contributed by atoms with E-state index in [1.807, 2.05) is 6.92 Å². The van der Waals surface area contributed by atoms with E-state index in [-0.39, 0.29) is 34.1 Å². The molecule has 0 atom stereocenters. The zero-order valence-electron chi connectivity index (χ0n) is 15.0. The summed E-state index contributed by atoms with van der Waals surface area (Å²) in [5.74, 6) is -0.309. The van der Waals surface area contributed by atoms with Crippen LogP contribution >= 0.6 is 35.4 Å². The summed E-state index contributed by atoms with van der Waals surface area (Å²) < 4.78 is 19.3. The molecule has 28 heavy (non-hydrogen) atoms. The summed E-state index contributed by atoms with van der Waals surface area (Å²) in [7, 11) is 0. The summed E-state index contributed by atoms with van der Waals surface area (Å²) in [4.78, 5) is 13.9. The Hall–Kier alpha value is -2.15. The lowest BCUT2D eigenvalue weighted by molar-refractivity contribution is -0.122. The van der Waals surface area contributed by atoms with Crippen LogP contribution in [0.4, 0.5) is 4.39 Å². The highest BCUT2D eigenvalue weighted by molar-refractivity contribution is 7.80. The van der Waals surface area contributed by atoms with E-state index in [2.05, 4.69) is 5.32 Å². The van der Waals surface area contributed by atoms with E-state index in [0.717, 1.165) is 6.42 Å². The molecule has 0 aliphatic carbocycles. The fourth-order valence-electron chi connectivity index (χ4n) is 2.73. The molecular formula is C20H17Cl2FN2O2S. The van der Waals surface area contributed by atoms with Crippen LogP contribution in [0.15, 0.2) is 42.1 Å². The van der Waals surface area contributed by atoms with Gasteiger partial charge in [0.2, 0.25) is 0 Å². The fourth-order valence-corrected chi connectivity index (χ4v) is 3.63. The zero-order chi connectivity index (χ0) is 20.3. The SMILES string of the molecule is CCCN1C(=O)/C(=C/c2cc(Cl)c(OCc3ccccc3F)c(Cl)c2)NC1=S. The molecule has 1 fully saturated rings. The molecular weight excluding hydrogens is 422 g/mol. The predicted molar refractivity (Wildman–Crippen MR) is 113 cm³/mol. The van der Waals surface area contributed by atoms with Crippen molar-refractivity contribution in [2.75, 3.05) is 6.54 Å². The van der Waals surface area contributed by atoms with Crippen molar-refractivity contribution < 1.29 is 13.9 Å². The van der Waals surface area contributed by atoms with Crippen LogP contribution in [0.2, 0.25) is 10.0 Å². The number of carbonyl (C=O) groups is 1. The second kappa shape index (κ2) is 8.90. The summed E-state index contributed by atoms with van der Waals surface area (Å²) in [5.41, 5.74) is 1.36. The van der Waals surface area contributed by atoms with E-state index in [0.29, 0.717) is 28.5 Å². The van der Waals surface area contributed by atoms with E-state index in [4.69, 9.17) is 40.2 Å². The molecule has 0 radical (unpaired) electrons. The maximum Gasteiger partial charge on any atom is 0.276 e. The predicted octanol–water partition coefficient (Wildman–Crippen LogP) is 5.18. The molecule has 0 bridgehead atoms. The number of ether oxygens (including phenoxy) is 1. The third-order valence-electron chi connectivity index (χ3n) is 4.07. The number of carbonyl (C=O) groups excluding carboxylic acids is 1. The molecule has 0 unspecified atom stereocenters. The van der Waals surface area contributed by atoms with Crippen LogP contribution in [-0.2, 0) is 11.4 Å². The number of benzene rings is 2. The summed E-state index contributed by atoms with van der Waals surface area (Å²) in [5, 5.41) is 3.80. The topological polar surface area (TPSA) is 41.6 Å². The molecule has 1 saturated heterocycles. The Morgan fingerprint density at radius 2 is 1.93 bits per heavy atom. The maximum atomic E-state index is 13.7. The molecule has 1 amide bonds. The number of halogens is 3. The van der Waals surface area contributed by atoms with Crippen molar-refractivity contribution in [3.63, 3.8) is 0 Å². The van der Waals surface area contributed by atoms with E-state index in [1.54, 1.807) is 36.4 Å². The number of nitrogens with zero attached hydrogens (tertiary/aromatic N) is 1. The normalized spacial score (nSPS) is 15.3. The molecule has 3 rings (SSSR count). The average molecular weight is 439 g/mol. The number of nitrogens with one attached hydrogen (secondary N) is 1. The standard InChI is InChI=1S/C20H17Cl2FN2O2S/c1-2-7-25-19(26)17(24-20(25)28)10-12-8-14(21)18(15(22)9-12)27-11-13-5-3-4-6-16(13)23/h3-6,8-10H,2,7,11H2,1H3,(H,24,28)/b17-10-. The van der Waals surface area contributed by atoms with E-state index in [1.165, 1.54) is 11.0 Å². The minimum Gasteiger partial charge on any atom is -0.486 e. The average Bonchev–Trinajstić information content (AvgIpc) is 2.90. The maximum absolute atomic E-state index is 13.7. The molecule has 2 aromatic rings. The van der Waals surface area contributed by atoms with Gasteiger partial charge in [-0.1, -0.05) is 48.3 Å². The highest BCUT2D eigenvalue weighted by Crippen LogP contribution is 2.35. The molecule has 146 valence electrons. The third kappa shape index (κ3) is 4.46. The van der Waals surface area contributed by atoms with Gasteiger partial charge in [0, 0.05) is 12.1 Å². The lowest BCUT2D eigenvalue weighted by Crippen LogP contribution is -2.31. The molecule has 1 N–H and O–H groups in total. The van der Waals surface area contributed by atoms with E-state index >= 15 is 0 Å². The second-order valence-corrected chi connectivity index (χ2v) is 7.34. The van der Waals surface area contributed by atoms with Crippen molar-refractivity contribution in [1.29, 1.82) is 0 Å². The summed E-state index contributed by atoms with van der Waals surface area (Å²) in [6, 6.07) is 9.55. The van der Waals surface area contributed by atoms with Crippen LogP contribution < -0.4 is 10.1 Å². The summed E-state index contributed by atoms with van der Waals surface area (Å²) in [6.45, 7) is 2.51. The number of hydrogen-bond donors (Lipinski definition) is 1. The van der Waals surface area contributed by atoms with Gasteiger partial charge in [-0.2, -0.15) is 0 Å². The molecule has 0 saturated carbocycles. The molecule has 0 aromatic heterocycles. The Balaban J connectivity index is 1.79. The Morgan fingerprint density at radius 3 is 2.57 bits per heavy atom. The van der Waals surface area contributed by atoms with Gasteiger partial charge in [-0.3, -0.25) is 9.69 Å². The zero-order valence-corrected chi connectivity index (χ0v) is 17.3. The van der Waals surface area contributed by atoms with Gasteiger partial charge in [-0.05, 0) is 48.5 Å². The van der Waals surface area contributed by atoms with Gasteiger partial charge in [0.25, 0.3) is 5.91 Å². The first kappa shape index (κ1) is 20.6. The van der Waals surface area contributed by atoms with E-state index in [9.17, 15) is 9.18 Å². The first-order chi connectivity index (χ1) is 13.4. The monoisotopic (exact) mass is 438 g/mol. The lowest BCUT2D eigenvalue weighted by atomic mass is 10.1. The van der Waals surface area contributed by atoms with Crippen molar-refractivity contribution >= 4 is 52.5 Å². The molecule has 1 aliphatic heterocycles. The minimum atomic E-state index is -0.366. The van der Waals surface area contributed by atoms with Crippen LogP contribution in [0.25, 0.3) is 6.08 Å². The molecule has 1 aliphatic rings. The first-order valence-electron chi connectivity index (χ1n) is 8.60. The van der Waals surface area contributed by atoms with Crippen molar-refractivity contribution in [2.45, 2.75) is 20.0 Å². The Labute approximate surface area is 177 Å². The molecule has 2 aromatic carbocycles. The van der Waals surface area contributed by atoms with Gasteiger partial charge < -0.3 is 10.1 Å². The number of hydrogen-bond acceptors (Lipinski definition) is 3. The highest BCUT2D eigenvalue weighted by Gasteiger charge is 2.29. The van der Waals surface area contributed by atoms with Gasteiger partial charge in [0.1, 0.15) is 18.1 Å². The highest BCUT2D eigenvalue weighted by atomic mass is 35.5. The Kier molecular flexibility index (Phi) is 6.54. The molecule has 8 heteroatoms. The van der Waals surface area contributed by atoms with E-state index < -0.39 is 0 Å². The Bertz CT molecular complexity index is 942. The third-order valence-corrected chi connectivity index (χ3v) is 4.95. The summed E-state index contributed by atoms with van der Waals surface area (Å²) in [6.07, 6.45) is 2.43. The second-order valence-electron chi connectivity index (χ2n) is 6.14. The number of amides is 1. The Morgan fingerprint density at radius 1 is 1.25 bits per heavy atom. The van der Waals surface area contributed by atoms with Crippen LogP contribution in [0.5, 0.6) is 5.75 Å². The van der Waals surface area contributed by atoms with Crippen LogP contribution in [-0.4, -0.2) is 22.5 Å².